The zero-order valence-corrected chi connectivity index (χ0v) is 14.6. The summed E-state index contributed by atoms with van der Waals surface area (Å²) in [6.07, 6.45) is 2.59. The molecule has 0 nitrogen and oxygen atoms in total. The fraction of sp³-hybridized carbons (Fsp3) is 0.625. The SMILES string of the molecule is CCC(C)[P@@](C)c1ccccc1[P@](C)C(C)CC. The Bertz CT molecular complexity index is 327. The molecule has 0 N–H and O–H groups in total. The predicted octanol–water partition coefficient (Wildman–Crippen LogP) is 4.76. The Morgan fingerprint density at radius 3 is 1.44 bits per heavy atom. The lowest BCUT2D eigenvalue weighted by Crippen LogP contribution is -2.26. The van der Waals surface area contributed by atoms with E-state index in [1.165, 1.54) is 12.8 Å². The topological polar surface area (TPSA) is 0 Å². The standard InChI is InChI=1S/C16H28P2/c1-7-13(3)17(5)15-11-9-10-12-16(15)18(6)14(4)8-2/h9-14H,7-8H2,1-6H3/t13?,14?,17-,18-/m1/s1. The summed E-state index contributed by atoms with van der Waals surface area (Å²) in [5.74, 6) is 0. The lowest BCUT2D eigenvalue weighted by Gasteiger charge is -2.27. The first kappa shape index (κ1) is 16.1. The average Bonchev–Trinajstić information content (AvgIpc) is 2.43. The van der Waals surface area contributed by atoms with E-state index in [4.69, 9.17) is 0 Å². The van der Waals surface area contributed by atoms with Crippen LogP contribution in [0.2, 0.25) is 0 Å². The monoisotopic (exact) mass is 282 g/mol. The van der Waals surface area contributed by atoms with Crippen LogP contribution in [-0.4, -0.2) is 24.6 Å². The second-order valence-corrected chi connectivity index (χ2v) is 10.4. The molecule has 0 aliphatic carbocycles. The molecular formula is C16H28P2. The van der Waals surface area contributed by atoms with Gasteiger partial charge < -0.3 is 0 Å². The van der Waals surface area contributed by atoms with E-state index in [1.54, 1.807) is 10.6 Å². The molecule has 1 aromatic carbocycles. The second kappa shape index (κ2) is 7.62. The van der Waals surface area contributed by atoms with E-state index in [2.05, 4.69) is 65.3 Å². The molecule has 0 fully saturated rings. The third-order valence-electron chi connectivity index (χ3n) is 4.15. The highest BCUT2D eigenvalue weighted by atomic mass is 31.1. The number of hydrogen-bond acceptors (Lipinski definition) is 0. The minimum absolute atomic E-state index is 0.00380. The summed E-state index contributed by atoms with van der Waals surface area (Å²) in [5.41, 5.74) is 1.67. The van der Waals surface area contributed by atoms with E-state index in [1.807, 2.05) is 0 Å². The minimum Gasteiger partial charge on any atom is -0.0749 e. The zero-order chi connectivity index (χ0) is 13.7. The first-order valence-electron chi connectivity index (χ1n) is 7.07. The van der Waals surface area contributed by atoms with Gasteiger partial charge in [0.15, 0.2) is 0 Å². The average molecular weight is 282 g/mol. The molecule has 0 saturated heterocycles. The largest absolute Gasteiger partial charge is 0.0749 e. The molecule has 0 heterocycles. The van der Waals surface area contributed by atoms with E-state index >= 15 is 0 Å². The summed E-state index contributed by atoms with van der Waals surface area (Å²) in [6.45, 7) is 14.4. The minimum atomic E-state index is -0.00380. The molecule has 4 atom stereocenters. The van der Waals surface area contributed by atoms with Gasteiger partial charge in [-0.2, -0.15) is 0 Å². The van der Waals surface area contributed by atoms with Crippen molar-refractivity contribution in [3.8, 4) is 0 Å². The molecule has 0 spiro atoms. The lowest BCUT2D eigenvalue weighted by molar-refractivity contribution is 0.896. The lowest BCUT2D eigenvalue weighted by atomic mass is 10.3. The summed E-state index contributed by atoms with van der Waals surface area (Å²) in [4.78, 5) is 0. The van der Waals surface area contributed by atoms with Gasteiger partial charge in [-0.25, -0.2) is 0 Å². The molecule has 0 bridgehead atoms. The molecule has 0 radical (unpaired) electrons. The van der Waals surface area contributed by atoms with Crippen LogP contribution in [0.5, 0.6) is 0 Å². The smallest absolute Gasteiger partial charge is 0.0164 e. The highest BCUT2D eigenvalue weighted by Crippen LogP contribution is 2.43. The maximum Gasteiger partial charge on any atom is -0.0164 e. The second-order valence-electron chi connectivity index (χ2n) is 5.23. The van der Waals surface area contributed by atoms with Crippen LogP contribution in [0.25, 0.3) is 0 Å². The van der Waals surface area contributed by atoms with Crippen LogP contribution in [0.3, 0.4) is 0 Å². The molecule has 2 heteroatoms. The van der Waals surface area contributed by atoms with Crippen molar-refractivity contribution in [2.24, 2.45) is 0 Å². The summed E-state index contributed by atoms with van der Waals surface area (Å²) in [7, 11) is -0.00761. The van der Waals surface area contributed by atoms with E-state index in [-0.39, 0.29) is 15.8 Å². The fourth-order valence-electron chi connectivity index (χ4n) is 2.08. The molecule has 1 rings (SSSR count). The Balaban J connectivity index is 3.06. The van der Waals surface area contributed by atoms with Gasteiger partial charge in [-0.15, -0.1) is 0 Å². The molecule has 0 amide bonds. The van der Waals surface area contributed by atoms with Gasteiger partial charge in [0.1, 0.15) is 0 Å². The van der Waals surface area contributed by atoms with Crippen molar-refractivity contribution in [1.82, 2.24) is 0 Å². The number of hydrogen-bond donors (Lipinski definition) is 0. The van der Waals surface area contributed by atoms with Crippen molar-refractivity contribution < 1.29 is 0 Å². The van der Waals surface area contributed by atoms with Gasteiger partial charge in [-0.3, -0.25) is 0 Å². The van der Waals surface area contributed by atoms with E-state index in [0.717, 1.165) is 11.3 Å². The Kier molecular flexibility index (Phi) is 6.83. The number of rotatable bonds is 6. The van der Waals surface area contributed by atoms with E-state index < -0.39 is 0 Å². The molecule has 0 aromatic heterocycles. The van der Waals surface area contributed by atoms with Crippen LogP contribution >= 0.6 is 15.8 Å². The van der Waals surface area contributed by atoms with Crippen molar-refractivity contribution in [2.45, 2.75) is 51.9 Å². The molecule has 0 aliphatic rings. The molecular weight excluding hydrogens is 254 g/mol. The van der Waals surface area contributed by atoms with Crippen LogP contribution in [0, 0.1) is 0 Å². The maximum absolute atomic E-state index is 2.46. The Morgan fingerprint density at radius 1 is 0.833 bits per heavy atom. The molecule has 18 heavy (non-hydrogen) atoms. The first-order chi connectivity index (χ1) is 8.52. The van der Waals surface area contributed by atoms with Gasteiger partial charge in [-0.1, -0.05) is 67.8 Å². The Hall–Kier alpha value is 0.0800. The van der Waals surface area contributed by atoms with Crippen LogP contribution < -0.4 is 10.6 Å². The van der Waals surface area contributed by atoms with E-state index in [9.17, 15) is 0 Å². The van der Waals surface area contributed by atoms with E-state index in [0.29, 0.717) is 0 Å². The number of benzene rings is 1. The normalized spacial score (nSPS) is 18.1. The fourth-order valence-corrected chi connectivity index (χ4v) is 6.59. The third-order valence-corrected chi connectivity index (χ3v) is 10.00. The molecule has 0 aliphatic heterocycles. The van der Waals surface area contributed by atoms with Gasteiger partial charge in [-0.05, 0) is 48.1 Å². The molecule has 2 unspecified atom stereocenters. The van der Waals surface area contributed by atoms with Crippen LogP contribution in [0.15, 0.2) is 24.3 Å². The van der Waals surface area contributed by atoms with Crippen molar-refractivity contribution >= 4 is 26.5 Å². The predicted molar refractivity (Wildman–Crippen MR) is 90.9 cm³/mol. The van der Waals surface area contributed by atoms with Crippen molar-refractivity contribution in [1.29, 1.82) is 0 Å². The quantitative estimate of drug-likeness (QED) is 0.660. The summed E-state index contributed by atoms with van der Waals surface area (Å²) < 4.78 is 0. The Morgan fingerprint density at radius 2 is 1.17 bits per heavy atom. The summed E-state index contributed by atoms with van der Waals surface area (Å²) >= 11 is 0. The highest BCUT2D eigenvalue weighted by molar-refractivity contribution is 7.71. The van der Waals surface area contributed by atoms with Crippen LogP contribution in [0.1, 0.15) is 40.5 Å². The molecule has 102 valence electrons. The van der Waals surface area contributed by atoms with Crippen LogP contribution in [0.4, 0.5) is 0 Å². The summed E-state index contributed by atoms with van der Waals surface area (Å²) in [5, 5.41) is 3.33. The van der Waals surface area contributed by atoms with Gasteiger partial charge >= 0.3 is 0 Å². The van der Waals surface area contributed by atoms with Crippen LogP contribution in [-0.2, 0) is 0 Å². The third kappa shape index (κ3) is 3.79. The zero-order valence-electron chi connectivity index (χ0n) is 12.8. The van der Waals surface area contributed by atoms with Gasteiger partial charge in [0.2, 0.25) is 0 Å². The maximum atomic E-state index is 2.46. The summed E-state index contributed by atoms with van der Waals surface area (Å²) in [6, 6.07) is 9.21. The van der Waals surface area contributed by atoms with Gasteiger partial charge in [0.05, 0.1) is 0 Å². The highest BCUT2D eigenvalue weighted by Gasteiger charge is 2.20. The molecule has 1 aromatic rings. The van der Waals surface area contributed by atoms with Crippen molar-refractivity contribution in [2.75, 3.05) is 13.3 Å². The van der Waals surface area contributed by atoms with Crippen molar-refractivity contribution in [3.05, 3.63) is 24.3 Å². The van der Waals surface area contributed by atoms with Crippen molar-refractivity contribution in [3.63, 3.8) is 0 Å². The first-order valence-corrected chi connectivity index (χ1v) is 10.8. The van der Waals surface area contributed by atoms with Gasteiger partial charge in [0, 0.05) is 0 Å². The van der Waals surface area contributed by atoms with Gasteiger partial charge in [0.25, 0.3) is 0 Å². The Labute approximate surface area is 116 Å². The molecule has 0 saturated carbocycles.